The van der Waals surface area contributed by atoms with Crippen LogP contribution in [0.15, 0.2) is 0 Å². The Labute approximate surface area is 107 Å². The van der Waals surface area contributed by atoms with Gasteiger partial charge in [0, 0.05) is 19.6 Å². The zero-order valence-corrected chi connectivity index (χ0v) is 12.2. The molecule has 1 aliphatic rings. The lowest BCUT2D eigenvalue weighted by Crippen LogP contribution is -2.46. The third-order valence-electron chi connectivity index (χ3n) is 3.87. The maximum atomic E-state index is 9.70. The highest BCUT2D eigenvalue weighted by Crippen LogP contribution is 2.32. The van der Waals surface area contributed by atoms with Gasteiger partial charge in [-0.15, -0.1) is 0 Å². The van der Waals surface area contributed by atoms with Crippen molar-refractivity contribution in [1.29, 1.82) is 0 Å². The van der Waals surface area contributed by atoms with Crippen LogP contribution in [0.2, 0.25) is 0 Å². The van der Waals surface area contributed by atoms with E-state index in [0.717, 1.165) is 12.5 Å². The van der Waals surface area contributed by atoms with Gasteiger partial charge in [-0.05, 0) is 51.6 Å². The molecule has 0 aliphatic carbocycles. The predicted molar refractivity (Wildman–Crippen MR) is 73.2 cm³/mol. The van der Waals surface area contributed by atoms with E-state index in [-0.39, 0.29) is 0 Å². The van der Waals surface area contributed by atoms with Crippen LogP contribution in [0, 0.1) is 11.3 Å². The molecule has 1 fully saturated rings. The topological polar surface area (TPSA) is 35.5 Å². The van der Waals surface area contributed by atoms with E-state index >= 15 is 0 Å². The first kappa shape index (κ1) is 14.9. The summed E-state index contributed by atoms with van der Waals surface area (Å²) in [6, 6.07) is 0. The predicted octanol–water partition coefficient (Wildman–Crippen LogP) is 1.71. The monoisotopic (exact) mass is 242 g/mol. The highest BCUT2D eigenvalue weighted by Gasteiger charge is 2.32. The highest BCUT2D eigenvalue weighted by molar-refractivity contribution is 4.85. The molecule has 0 aromatic carbocycles. The molecule has 0 aromatic rings. The van der Waals surface area contributed by atoms with Gasteiger partial charge in [0.25, 0.3) is 0 Å². The Morgan fingerprint density at radius 3 is 2.41 bits per heavy atom. The fourth-order valence-corrected chi connectivity index (χ4v) is 2.64. The van der Waals surface area contributed by atoms with E-state index in [2.05, 4.69) is 31.1 Å². The second-order valence-corrected chi connectivity index (χ2v) is 7.01. The van der Waals surface area contributed by atoms with Gasteiger partial charge in [0.2, 0.25) is 0 Å². The maximum Gasteiger partial charge on any atom is 0.0715 e. The van der Waals surface area contributed by atoms with Gasteiger partial charge in [0.15, 0.2) is 0 Å². The lowest BCUT2D eigenvalue weighted by molar-refractivity contribution is 0.0653. The molecule has 0 aromatic heterocycles. The lowest BCUT2D eigenvalue weighted by Gasteiger charge is -2.41. The summed E-state index contributed by atoms with van der Waals surface area (Å²) in [4.78, 5) is 2.44. The van der Waals surface area contributed by atoms with Gasteiger partial charge in [-0.3, -0.25) is 0 Å². The fraction of sp³-hybridized carbons (Fsp3) is 1.00. The van der Waals surface area contributed by atoms with Crippen LogP contribution in [0.25, 0.3) is 0 Å². The van der Waals surface area contributed by atoms with Crippen LogP contribution in [0.4, 0.5) is 0 Å². The number of piperidine rings is 1. The van der Waals surface area contributed by atoms with E-state index in [9.17, 15) is 5.11 Å². The second kappa shape index (κ2) is 5.68. The number of rotatable bonds is 5. The van der Waals surface area contributed by atoms with E-state index in [1.54, 1.807) is 0 Å². The minimum Gasteiger partial charge on any atom is -0.389 e. The third kappa shape index (κ3) is 5.36. The number of likely N-dealkylation sites (tertiary alicyclic amines) is 1. The van der Waals surface area contributed by atoms with Gasteiger partial charge < -0.3 is 15.3 Å². The van der Waals surface area contributed by atoms with E-state index in [1.165, 1.54) is 25.9 Å². The number of nitrogens with one attached hydrogen (secondary N) is 1. The first-order chi connectivity index (χ1) is 7.71. The Hall–Kier alpha value is -0.120. The Balaban J connectivity index is 2.39. The third-order valence-corrected chi connectivity index (χ3v) is 3.87. The number of hydrogen-bond donors (Lipinski definition) is 2. The standard InChI is InChI=1S/C14H30N2O/c1-13(2,10-15-11-14(3,4)17)12-7-6-8-16(5)9-12/h12,15,17H,6-11H2,1-5H3. The van der Waals surface area contributed by atoms with Gasteiger partial charge in [-0.1, -0.05) is 13.8 Å². The Bertz CT molecular complexity index is 233. The minimum atomic E-state index is -0.612. The van der Waals surface area contributed by atoms with Crippen molar-refractivity contribution in [3.05, 3.63) is 0 Å². The van der Waals surface area contributed by atoms with Crippen LogP contribution in [-0.4, -0.2) is 48.8 Å². The summed E-state index contributed by atoms with van der Waals surface area (Å²) in [7, 11) is 2.21. The summed E-state index contributed by atoms with van der Waals surface area (Å²) in [6.07, 6.45) is 2.65. The quantitative estimate of drug-likeness (QED) is 0.770. The average Bonchev–Trinajstić information content (AvgIpc) is 2.15. The molecule has 1 heterocycles. The molecule has 0 spiro atoms. The molecule has 1 unspecified atom stereocenters. The molecule has 0 radical (unpaired) electrons. The van der Waals surface area contributed by atoms with E-state index in [1.807, 2.05) is 13.8 Å². The summed E-state index contributed by atoms with van der Waals surface area (Å²) < 4.78 is 0. The van der Waals surface area contributed by atoms with Gasteiger partial charge in [-0.2, -0.15) is 0 Å². The number of hydrogen-bond acceptors (Lipinski definition) is 3. The molecule has 0 bridgehead atoms. The SMILES string of the molecule is CN1CCCC(C(C)(C)CNCC(C)(C)O)C1. The van der Waals surface area contributed by atoms with Crippen molar-refractivity contribution >= 4 is 0 Å². The molecule has 3 nitrogen and oxygen atoms in total. The molecule has 3 heteroatoms. The smallest absolute Gasteiger partial charge is 0.0715 e. The number of aliphatic hydroxyl groups is 1. The van der Waals surface area contributed by atoms with E-state index < -0.39 is 5.60 Å². The summed E-state index contributed by atoms with van der Waals surface area (Å²) in [6.45, 7) is 12.5. The van der Waals surface area contributed by atoms with E-state index in [4.69, 9.17) is 0 Å². The normalized spacial score (nSPS) is 24.0. The highest BCUT2D eigenvalue weighted by atomic mass is 16.3. The van der Waals surface area contributed by atoms with Gasteiger partial charge in [0.05, 0.1) is 5.60 Å². The summed E-state index contributed by atoms with van der Waals surface area (Å²) in [5.41, 5.74) is -0.306. The molecule has 1 rings (SSSR count). The first-order valence-corrected chi connectivity index (χ1v) is 6.82. The average molecular weight is 242 g/mol. The van der Waals surface area contributed by atoms with Gasteiger partial charge in [-0.25, -0.2) is 0 Å². The Morgan fingerprint density at radius 1 is 1.24 bits per heavy atom. The van der Waals surface area contributed by atoms with Crippen LogP contribution in [-0.2, 0) is 0 Å². The first-order valence-electron chi connectivity index (χ1n) is 6.82. The van der Waals surface area contributed by atoms with E-state index in [0.29, 0.717) is 12.0 Å². The van der Waals surface area contributed by atoms with Crippen LogP contribution >= 0.6 is 0 Å². The van der Waals surface area contributed by atoms with Crippen molar-refractivity contribution in [3.8, 4) is 0 Å². The van der Waals surface area contributed by atoms with Crippen LogP contribution in [0.3, 0.4) is 0 Å². The molecule has 1 atom stereocenters. The molecule has 0 amide bonds. The molecule has 1 aliphatic heterocycles. The summed E-state index contributed by atoms with van der Waals surface area (Å²) >= 11 is 0. The Kier molecular flexibility index (Phi) is 4.99. The molecule has 2 N–H and O–H groups in total. The largest absolute Gasteiger partial charge is 0.389 e. The minimum absolute atomic E-state index is 0.305. The zero-order valence-electron chi connectivity index (χ0n) is 12.2. The van der Waals surface area contributed by atoms with Crippen molar-refractivity contribution in [2.24, 2.45) is 11.3 Å². The van der Waals surface area contributed by atoms with Crippen molar-refractivity contribution in [2.75, 3.05) is 33.2 Å². The van der Waals surface area contributed by atoms with Crippen molar-refractivity contribution in [2.45, 2.75) is 46.1 Å². The van der Waals surface area contributed by atoms with Gasteiger partial charge in [0.1, 0.15) is 0 Å². The molecular weight excluding hydrogens is 212 g/mol. The maximum absolute atomic E-state index is 9.70. The number of nitrogens with zero attached hydrogens (tertiary/aromatic N) is 1. The molecular formula is C14H30N2O. The molecule has 102 valence electrons. The second-order valence-electron chi connectivity index (χ2n) is 7.01. The lowest BCUT2D eigenvalue weighted by atomic mass is 9.74. The zero-order chi connectivity index (χ0) is 13.1. The molecule has 1 saturated heterocycles. The van der Waals surface area contributed by atoms with Crippen molar-refractivity contribution in [3.63, 3.8) is 0 Å². The Morgan fingerprint density at radius 2 is 1.88 bits per heavy atom. The fourth-order valence-electron chi connectivity index (χ4n) is 2.64. The van der Waals surface area contributed by atoms with Crippen molar-refractivity contribution < 1.29 is 5.11 Å². The van der Waals surface area contributed by atoms with Crippen LogP contribution < -0.4 is 5.32 Å². The summed E-state index contributed by atoms with van der Waals surface area (Å²) in [5, 5.41) is 13.1. The van der Waals surface area contributed by atoms with Crippen LogP contribution in [0.5, 0.6) is 0 Å². The van der Waals surface area contributed by atoms with Gasteiger partial charge >= 0.3 is 0 Å². The van der Waals surface area contributed by atoms with Crippen LogP contribution in [0.1, 0.15) is 40.5 Å². The summed E-state index contributed by atoms with van der Waals surface area (Å²) in [5.74, 6) is 0.760. The molecule has 0 saturated carbocycles. The molecule has 17 heavy (non-hydrogen) atoms. The van der Waals surface area contributed by atoms with Crippen molar-refractivity contribution in [1.82, 2.24) is 10.2 Å².